The van der Waals surface area contributed by atoms with E-state index in [2.05, 4.69) is 24.9 Å². The lowest BCUT2D eigenvalue weighted by molar-refractivity contribution is -0.831. The van der Waals surface area contributed by atoms with Gasteiger partial charge in [0.2, 0.25) is 5.82 Å². The summed E-state index contributed by atoms with van der Waals surface area (Å²) in [5.74, 6) is 0.870. The van der Waals surface area contributed by atoms with Crippen LogP contribution in [0.25, 0.3) is 0 Å². The molecule has 1 N–H and O–H groups in total. The van der Waals surface area contributed by atoms with Gasteiger partial charge in [0.1, 0.15) is 11.6 Å². The van der Waals surface area contributed by atoms with Crippen molar-refractivity contribution in [2.24, 2.45) is 0 Å². The summed E-state index contributed by atoms with van der Waals surface area (Å²) < 4.78 is 0. The first-order valence-electron chi connectivity index (χ1n) is 4.53. The molecule has 14 heavy (non-hydrogen) atoms. The zero-order valence-corrected chi connectivity index (χ0v) is 9.17. The molecular formula is C10H14ClN3. The number of halogens is 1. The van der Waals surface area contributed by atoms with Gasteiger partial charge in [-0.25, -0.2) is 4.98 Å². The summed E-state index contributed by atoms with van der Waals surface area (Å²) in [7, 11) is 0. The van der Waals surface area contributed by atoms with Crippen LogP contribution < -0.4 is 17.3 Å². The Morgan fingerprint density at radius 3 is 2.57 bits per heavy atom. The number of quaternary nitrogens is 1. The maximum atomic E-state index is 8.86. The van der Waals surface area contributed by atoms with Gasteiger partial charge in [0, 0.05) is 6.20 Å². The van der Waals surface area contributed by atoms with E-state index in [9.17, 15) is 0 Å². The Balaban J connectivity index is 0.00000169. The molecule has 0 aliphatic heterocycles. The van der Waals surface area contributed by atoms with Crippen molar-refractivity contribution in [2.45, 2.75) is 13.8 Å². The third-order valence-electron chi connectivity index (χ3n) is 2.12. The summed E-state index contributed by atoms with van der Waals surface area (Å²) in [4.78, 5) is 5.48. The molecule has 0 atom stereocenters. The van der Waals surface area contributed by atoms with Gasteiger partial charge in [-0.05, 0) is 26.0 Å². The first-order chi connectivity index (χ1) is 6.33. The molecule has 0 unspecified atom stereocenters. The van der Waals surface area contributed by atoms with E-state index in [1.54, 1.807) is 12.3 Å². The summed E-state index contributed by atoms with van der Waals surface area (Å²) in [5.41, 5.74) is 0.682. The van der Waals surface area contributed by atoms with Crippen LogP contribution in [0.2, 0.25) is 0 Å². The van der Waals surface area contributed by atoms with Crippen molar-refractivity contribution < 1.29 is 17.3 Å². The second-order valence-corrected chi connectivity index (χ2v) is 2.82. The topological polar surface area (TPSA) is 41.1 Å². The monoisotopic (exact) mass is 211 g/mol. The molecule has 0 aliphatic rings. The van der Waals surface area contributed by atoms with Crippen molar-refractivity contribution >= 4 is 5.82 Å². The van der Waals surface area contributed by atoms with Gasteiger partial charge in [0.15, 0.2) is 0 Å². The molecule has 0 saturated carbocycles. The predicted octanol–water partition coefficient (Wildman–Crippen LogP) is -2.49. The lowest BCUT2D eigenvalue weighted by Crippen LogP contribution is -3.07. The van der Waals surface area contributed by atoms with Crippen LogP contribution in [0.5, 0.6) is 0 Å². The summed E-state index contributed by atoms with van der Waals surface area (Å²) in [6.07, 6.45) is 1.74. The molecule has 0 spiro atoms. The second-order valence-electron chi connectivity index (χ2n) is 2.82. The average molecular weight is 212 g/mol. The second kappa shape index (κ2) is 6.36. The Hall–Kier alpha value is -1.11. The molecule has 0 saturated heterocycles. The van der Waals surface area contributed by atoms with Crippen LogP contribution in [0.4, 0.5) is 5.82 Å². The summed E-state index contributed by atoms with van der Waals surface area (Å²) in [6.45, 7) is 6.10. The van der Waals surface area contributed by atoms with Crippen molar-refractivity contribution in [1.82, 2.24) is 4.98 Å². The van der Waals surface area contributed by atoms with Crippen LogP contribution in [0.1, 0.15) is 19.4 Å². The van der Waals surface area contributed by atoms with Gasteiger partial charge in [0.05, 0.1) is 13.1 Å². The average Bonchev–Trinajstić information content (AvgIpc) is 2.20. The van der Waals surface area contributed by atoms with E-state index in [0.29, 0.717) is 5.56 Å². The van der Waals surface area contributed by atoms with E-state index in [-0.39, 0.29) is 12.4 Å². The van der Waals surface area contributed by atoms with Crippen LogP contribution in [-0.4, -0.2) is 18.1 Å². The van der Waals surface area contributed by atoms with Crippen LogP contribution in [0, 0.1) is 11.3 Å². The van der Waals surface area contributed by atoms with E-state index >= 15 is 0 Å². The Labute approximate surface area is 90.8 Å². The van der Waals surface area contributed by atoms with Crippen LogP contribution in [0.15, 0.2) is 18.3 Å². The highest BCUT2D eigenvalue weighted by atomic mass is 35.5. The third-order valence-corrected chi connectivity index (χ3v) is 2.12. The molecule has 76 valence electrons. The molecule has 1 rings (SSSR count). The Bertz CT molecular complexity index is 315. The molecule has 0 aliphatic carbocycles. The van der Waals surface area contributed by atoms with Crippen molar-refractivity contribution in [3.63, 3.8) is 0 Å². The Morgan fingerprint density at radius 2 is 2.07 bits per heavy atom. The predicted molar refractivity (Wildman–Crippen MR) is 50.7 cm³/mol. The van der Waals surface area contributed by atoms with Gasteiger partial charge in [-0.15, -0.1) is 0 Å². The fourth-order valence-corrected chi connectivity index (χ4v) is 1.36. The number of pyridine rings is 1. The van der Waals surface area contributed by atoms with E-state index in [4.69, 9.17) is 5.26 Å². The van der Waals surface area contributed by atoms with Gasteiger partial charge in [-0.2, -0.15) is 5.26 Å². The SMILES string of the molecule is CC[NH+](CC)c1ncccc1C#N.[Cl-]. The van der Waals surface area contributed by atoms with E-state index in [1.165, 1.54) is 4.90 Å². The summed E-state index contributed by atoms with van der Waals surface area (Å²) in [6, 6.07) is 5.77. The molecule has 0 aromatic carbocycles. The molecule has 3 nitrogen and oxygen atoms in total. The Morgan fingerprint density at radius 1 is 1.43 bits per heavy atom. The van der Waals surface area contributed by atoms with Gasteiger partial charge in [0.25, 0.3) is 0 Å². The molecule has 0 radical (unpaired) electrons. The number of aromatic nitrogens is 1. The fraction of sp³-hybridized carbons (Fsp3) is 0.400. The molecule has 0 amide bonds. The molecular weight excluding hydrogens is 198 g/mol. The quantitative estimate of drug-likeness (QED) is 0.602. The van der Waals surface area contributed by atoms with Gasteiger partial charge >= 0.3 is 0 Å². The summed E-state index contributed by atoms with van der Waals surface area (Å²) in [5, 5.41) is 8.86. The lowest BCUT2D eigenvalue weighted by atomic mass is 10.2. The highest BCUT2D eigenvalue weighted by molar-refractivity contribution is 5.41. The highest BCUT2D eigenvalue weighted by Gasteiger charge is 2.13. The molecule has 4 heteroatoms. The largest absolute Gasteiger partial charge is 1.00 e. The molecule has 0 bridgehead atoms. The molecule has 1 aromatic heterocycles. The van der Waals surface area contributed by atoms with Crippen LogP contribution in [-0.2, 0) is 0 Å². The highest BCUT2D eigenvalue weighted by Crippen LogP contribution is 2.03. The van der Waals surface area contributed by atoms with Crippen molar-refractivity contribution in [1.29, 1.82) is 5.26 Å². The zero-order valence-electron chi connectivity index (χ0n) is 8.42. The van der Waals surface area contributed by atoms with Gasteiger partial charge in [-0.3, -0.25) is 4.90 Å². The van der Waals surface area contributed by atoms with Crippen molar-refractivity contribution in [2.75, 3.05) is 13.1 Å². The number of nitrogens with one attached hydrogen (secondary N) is 1. The standard InChI is InChI=1S/C10H13N3.ClH/c1-3-13(4-2)10-9(8-11)6-5-7-12-10;/h5-7H,3-4H2,1-2H3;1H. The maximum Gasteiger partial charge on any atom is 0.244 e. The van der Waals surface area contributed by atoms with Crippen molar-refractivity contribution in [3.8, 4) is 6.07 Å². The van der Waals surface area contributed by atoms with E-state index < -0.39 is 0 Å². The van der Waals surface area contributed by atoms with Crippen LogP contribution in [0.3, 0.4) is 0 Å². The zero-order chi connectivity index (χ0) is 9.68. The van der Waals surface area contributed by atoms with Crippen LogP contribution >= 0.6 is 0 Å². The van der Waals surface area contributed by atoms with Crippen molar-refractivity contribution in [3.05, 3.63) is 23.9 Å². The first-order valence-corrected chi connectivity index (χ1v) is 4.53. The minimum Gasteiger partial charge on any atom is -1.00 e. The van der Waals surface area contributed by atoms with Gasteiger partial charge < -0.3 is 12.4 Å². The minimum atomic E-state index is 0. The third kappa shape index (κ3) is 2.69. The van der Waals surface area contributed by atoms with Gasteiger partial charge in [-0.1, -0.05) is 0 Å². The minimum absolute atomic E-state index is 0. The fourth-order valence-electron chi connectivity index (χ4n) is 1.36. The molecule has 1 aromatic rings. The smallest absolute Gasteiger partial charge is 0.244 e. The molecule has 0 fully saturated rings. The Kier molecular flexibility index (Phi) is 5.86. The molecule has 1 heterocycles. The number of nitriles is 1. The number of nitrogens with zero attached hydrogens (tertiary/aromatic N) is 2. The van der Waals surface area contributed by atoms with E-state index in [1.807, 2.05) is 6.07 Å². The normalized spacial score (nSPS) is 9.29. The number of hydrogen-bond donors (Lipinski definition) is 1. The number of rotatable bonds is 3. The van der Waals surface area contributed by atoms with E-state index in [0.717, 1.165) is 18.9 Å². The number of hydrogen-bond acceptors (Lipinski definition) is 2. The maximum absolute atomic E-state index is 8.86. The summed E-state index contributed by atoms with van der Waals surface area (Å²) >= 11 is 0. The lowest BCUT2D eigenvalue weighted by Gasteiger charge is -2.13. The first kappa shape index (κ1) is 12.9.